The van der Waals surface area contributed by atoms with Crippen LogP contribution in [0, 0.1) is 0 Å². The van der Waals surface area contributed by atoms with Gasteiger partial charge in [0.2, 0.25) is 12.7 Å². The summed E-state index contributed by atoms with van der Waals surface area (Å²) in [6, 6.07) is 5.87. The van der Waals surface area contributed by atoms with Crippen LogP contribution in [-0.4, -0.2) is 51.2 Å². The molecule has 8 heteroatoms. The lowest BCUT2D eigenvalue weighted by Gasteiger charge is -2.17. The van der Waals surface area contributed by atoms with Crippen molar-refractivity contribution >= 4 is 17.7 Å². The number of carbonyl (C=O) groups excluding carboxylic acids is 1. The number of benzene rings is 1. The summed E-state index contributed by atoms with van der Waals surface area (Å²) in [4.78, 5) is 13.9. The van der Waals surface area contributed by atoms with Gasteiger partial charge in [-0.05, 0) is 31.5 Å². The van der Waals surface area contributed by atoms with E-state index in [4.69, 9.17) is 9.47 Å². The number of hydrogen-bond acceptors (Lipinski definition) is 6. The minimum Gasteiger partial charge on any atom is -0.454 e. The van der Waals surface area contributed by atoms with Crippen LogP contribution in [0.3, 0.4) is 0 Å². The smallest absolute Gasteiger partial charge is 0.233 e. The predicted molar refractivity (Wildman–Crippen MR) is 95.0 cm³/mol. The van der Waals surface area contributed by atoms with Crippen LogP contribution in [0.1, 0.15) is 25.2 Å². The Morgan fingerprint density at radius 3 is 2.76 bits per heavy atom. The van der Waals surface area contributed by atoms with E-state index in [2.05, 4.69) is 10.2 Å². The first-order valence-electron chi connectivity index (χ1n) is 8.29. The second-order valence-electron chi connectivity index (χ2n) is 5.68. The Hall–Kier alpha value is -2.22. The van der Waals surface area contributed by atoms with Gasteiger partial charge in [-0.3, -0.25) is 4.79 Å². The first-order chi connectivity index (χ1) is 12.1. The number of nitrogens with zero attached hydrogens (tertiary/aromatic N) is 4. The molecule has 1 amide bonds. The zero-order valence-corrected chi connectivity index (χ0v) is 15.5. The van der Waals surface area contributed by atoms with Gasteiger partial charge in [-0.25, -0.2) is 0 Å². The van der Waals surface area contributed by atoms with E-state index in [-0.39, 0.29) is 12.7 Å². The van der Waals surface area contributed by atoms with E-state index in [0.717, 1.165) is 41.1 Å². The predicted octanol–water partition coefficient (Wildman–Crippen LogP) is 2.10. The molecular formula is C17H22N4O3S. The van der Waals surface area contributed by atoms with Crippen molar-refractivity contribution in [2.75, 3.05) is 25.6 Å². The van der Waals surface area contributed by atoms with E-state index in [0.29, 0.717) is 12.2 Å². The number of rotatable bonds is 7. The van der Waals surface area contributed by atoms with Crippen LogP contribution in [0.4, 0.5) is 0 Å². The molecule has 1 aliphatic rings. The number of ether oxygens (including phenoxy) is 2. The average Bonchev–Trinajstić information content (AvgIpc) is 3.21. The second-order valence-corrected chi connectivity index (χ2v) is 6.62. The Balaban J connectivity index is 1.64. The van der Waals surface area contributed by atoms with Gasteiger partial charge in [0.1, 0.15) is 5.82 Å². The van der Waals surface area contributed by atoms with Gasteiger partial charge < -0.3 is 18.9 Å². The van der Waals surface area contributed by atoms with E-state index in [1.165, 1.54) is 11.8 Å². The molecule has 1 aromatic heterocycles. The fourth-order valence-corrected chi connectivity index (χ4v) is 3.48. The monoisotopic (exact) mass is 362 g/mol. The molecule has 25 heavy (non-hydrogen) atoms. The highest BCUT2D eigenvalue weighted by atomic mass is 32.2. The summed E-state index contributed by atoms with van der Waals surface area (Å²) in [5.74, 6) is 2.87. The summed E-state index contributed by atoms with van der Waals surface area (Å²) >= 11 is 1.42. The lowest BCUT2D eigenvalue weighted by Crippen LogP contribution is -2.31. The van der Waals surface area contributed by atoms with Crippen molar-refractivity contribution in [3.63, 3.8) is 0 Å². The van der Waals surface area contributed by atoms with Crippen LogP contribution < -0.4 is 9.47 Å². The van der Waals surface area contributed by atoms with Crippen LogP contribution in [0.25, 0.3) is 0 Å². The van der Waals surface area contributed by atoms with Crippen LogP contribution in [0.2, 0.25) is 0 Å². The molecule has 0 fully saturated rings. The number of hydrogen-bond donors (Lipinski definition) is 0. The van der Waals surface area contributed by atoms with E-state index in [9.17, 15) is 4.79 Å². The third-order valence-electron chi connectivity index (χ3n) is 4.17. The zero-order chi connectivity index (χ0) is 17.8. The van der Waals surface area contributed by atoms with E-state index in [1.807, 2.05) is 48.6 Å². The number of amides is 1. The third-order valence-corrected chi connectivity index (χ3v) is 5.17. The molecule has 1 aliphatic heterocycles. The summed E-state index contributed by atoms with van der Waals surface area (Å²) in [7, 11) is 1.92. The Kier molecular flexibility index (Phi) is 5.47. The molecule has 2 heterocycles. The molecule has 0 unspecified atom stereocenters. The minimum atomic E-state index is 0.121. The van der Waals surface area contributed by atoms with Crippen molar-refractivity contribution in [1.82, 2.24) is 19.7 Å². The number of aromatic nitrogens is 3. The van der Waals surface area contributed by atoms with E-state index >= 15 is 0 Å². The SMILES string of the molecule is CCN(CC)C(=O)CSc1nnc(Cc2ccc3c(c2)OCO3)n1C. The molecule has 0 aliphatic carbocycles. The molecule has 0 N–H and O–H groups in total. The highest BCUT2D eigenvalue weighted by Crippen LogP contribution is 2.33. The fourth-order valence-electron chi connectivity index (χ4n) is 2.65. The molecule has 134 valence electrons. The first-order valence-corrected chi connectivity index (χ1v) is 9.28. The number of fused-ring (bicyclic) bond motifs is 1. The molecule has 0 saturated heterocycles. The number of thioether (sulfide) groups is 1. The molecule has 0 spiro atoms. The highest BCUT2D eigenvalue weighted by molar-refractivity contribution is 7.99. The van der Waals surface area contributed by atoms with Crippen LogP contribution in [0.15, 0.2) is 23.4 Å². The molecule has 3 rings (SSSR count). The number of carbonyl (C=O) groups is 1. The molecule has 2 aromatic rings. The third kappa shape index (κ3) is 3.89. The first kappa shape index (κ1) is 17.6. The van der Waals surface area contributed by atoms with Crippen molar-refractivity contribution in [2.24, 2.45) is 7.05 Å². The van der Waals surface area contributed by atoms with Crippen LogP contribution >= 0.6 is 11.8 Å². The largest absolute Gasteiger partial charge is 0.454 e. The van der Waals surface area contributed by atoms with Crippen molar-refractivity contribution < 1.29 is 14.3 Å². The lowest BCUT2D eigenvalue weighted by molar-refractivity contribution is -0.127. The molecule has 0 radical (unpaired) electrons. The van der Waals surface area contributed by atoms with Gasteiger partial charge in [0.15, 0.2) is 16.7 Å². The topological polar surface area (TPSA) is 69.5 Å². The summed E-state index contributed by atoms with van der Waals surface area (Å²) in [6.45, 7) is 5.69. The van der Waals surface area contributed by atoms with Gasteiger partial charge in [-0.1, -0.05) is 17.8 Å². The average molecular weight is 362 g/mol. The molecule has 0 atom stereocenters. The van der Waals surface area contributed by atoms with Gasteiger partial charge in [0.05, 0.1) is 5.75 Å². The zero-order valence-electron chi connectivity index (χ0n) is 14.7. The highest BCUT2D eigenvalue weighted by Gasteiger charge is 2.17. The van der Waals surface area contributed by atoms with Gasteiger partial charge in [0, 0.05) is 26.6 Å². The molecular weight excluding hydrogens is 340 g/mol. The Bertz CT molecular complexity index is 758. The van der Waals surface area contributed by atoms with Crippen molar-refractivity contribution in [3.8, 4) is 11.5 Å². The maximum atomic E-state index is 12.1. The van der Waals surface area contributed by atoms with E-state index in [1.54, 1.807) is 0 Å². The van der Waals surface area contributed by atoms with E-state index < -0.39 is 0 Å². The summed E-state index contributed by atoms with van der Waals surface area (Å²) in [6.07, 6.45) is 0.644. The van der Waals surface area contributed by atoms with Crippen LogP contribution in [0.5, 0.6) is 11.5 Å². The summed E-state index contributed by atoms with van der Waals surface area (Å²) in [5.41, 5.74) is 1.08. The van der Waals surface area contributed by atoms with Crippen molar-refractivity contribution in [2.45, 2.75) is 25.4 Å². The molecule has 7 nitrogen and oxygen atoms in total. The van der Waals surface area contributed by atoms with Gasteiger partial charge >= 0.3 is 0 Å². The minimum absolute atomic E-state index is 0.121. The standard InChI is InChI=1S/C17H22N4O3S/c1-4-21(5-2)16(22)10-25-17-19-18-15(20(17)3)9-12-6-7-13-14(8-12)24-11-23-13/h6-8H,4-5,9-11H2,1-3H3. The Morgan fingerprint density at radius 2 is 2.00 bits per heavy atom. The second kappa shape index (κ2) is 7.77. The molecule has 0 saturated carbocycles. The van der Waals surface area contributed by atoms with Gasteiger partial charge in [-0.15, -0.1) is 10.2 Å². The quantitative estimate of drug-likeness (QED) is 0.703. The van der Waals surface area contributed by atoms with Crippen molar-refractivity contribution in [1.29, 1.82) is 0 Å². The van der Waals surface area contributed by atoms with Crippen LogP contribution in [-0.2, 0) is 18.3 Å². The van der Waals surface area contributed by atoms with Gasteiger partial charge in [-0.2, -0.15) is 0 Å². The summed E-state index contributed by atoms with van der Waals surface area (Å²) < 4.78 is 12.7. The molecule has 0 bridgehead atoms. The maximum absolute atomic E-state index is 12.1. The maximum Gasteiger partial charge on any atom is 0.233 e. The summed E-state index contributed by atoms with van der Waals surface area (Å²) in [5, 5.41) is 9.23. The Labute approximate surface area is 151 Å². The Morgan fingerprint density at radius 1 is 1.24 bits per heavy atom. The van der Waals surface area contributed by atoms with Crippen molar-refractivity contribution in [3.05, 3.63) is 29.6 Å². The fraction of sp³-hybridized carbons (Fsp3) is 0.471. The van der Waals surface area contributed by atoms with Gasteiger partial charge in [0.25, 0.3) is 0 Å². The lowest BCUT2D eigenvalue weighted by atomic mass is 10.1. The molecule has 1 aromatic carbocycles. The normalized spacial score (nSPS) is 12.4.